The van der Waals surface area contributed by atoms with Crippen molar-refractivity contribution in [2.45, 2.75) is 13.8 Å². The van der Waals surface area contributed by atoms with Crippen LogP contribution in [0.5, 0.6) is 0 Å². The minimum Gasteiger partial charge on any atom is -0.487 e. The van der Waals surface area contributed by atoms with Gasteiger partial charge in [-0.1, -0.05) is 6.08 Å². The van der Waals surface area contributed by atoms with Gasteiger partial charge in [0.15, 0.2) is 5.94 Å². The van der Waals surface area contributed by atoms with Gasteiger partial charge in [0.05, 0.1) is 5.70 Å². The first-order chi connectivity index (χ1) is 4.84. The van der Waals surface area contributed by atoms with Crippen LogP contribution in [0.15, 0.2) is 23.6 Å². The standard InChI is InChI=1S/C7H11NOS/c1-3-6(2)7-4-9-5-10-8-7/h3-4,8H,5H2,1-2H3/b6-3+. The molecule has 0 saturated carbocycles. The summed E-state index contributed by atoms with van der Waals surface area (Å²) in [4.78, 5) is 0. The molecule has 0 atom stereocenters. The average Bonchev–Trinajstić information content (AvgIpc) is 2.05. The molecule has 0 aromatic carbocycles. The van der Waals surface area contributed by atoms with E-state index in [4.69, 9.17) is 4.74 Å². The fourth-order valence-electron chi connectivity index (χ4n) is 0.612. The van der Waals surface area contributed by atoms with Gasteiger partial charge in [0.2, 0.25) is 0 Å². The Bertz CT molecular complexity index is 174. The molecule has 0 aliphatic carbocycles. The smallest absolute Gasteiger partial charge is 0.152 e. The predicted molar refractivity (Wildman–Crippen MR) is 44.2 cm³/mol. The summed E-state index contributed by atoms with van der Waals surface area (Å²) in [6.07, 6.45) is 3.81. The van der Waals surface area contributed by atoms with Gasteiger partial charge in [-0.2, -0.15) is 0 Å². The van der Waals surface area contributed by atoms with Crippen molar-refractivity contribution < 1.29 is 4.74 Å². The van der Waals surface area contributed by atoms with E-state index in [0.29, 0.717) is 5.94 Å². The Morgan fingerprint density at radius 1 is 1.90 bits per heavy atom. The Kier molecular flexibility index (Phi) is 2.68. The molecule has 0 fully saturated rings. The highest BCUT2D eigenvalue weighted by molar-refractivity contribution is 7.97. The molecular weight excluding hydrogens is 146 g/mol. The van der Waals surface area contributed by atoms with Crippen LogP contribution >= 0.6 is 11.9 Å². The van der Waals surface area contributed by atoms with Gasteiger partial charge < -0.3 is 9.46 Å². The van der Waals surface area contributed by atoms with Gasteiger partial charge in [0.1, 0.15) is 6.26 Å². The van der Waals surface area contributed by atoms with Gasteiger partial charge in [-0.05, 0) is 31.4 Å². The third-order valence-electron chi connectivity index (χ3n) is 1.37. The number of hydrogen-bond donors (Lipinski definition) is 1. The molecule has 0 unspecified atom stereocenters. The van der Waals surface area contributed by atoms with Crippen molar-refractivity contribution in [3.05, 3.63) is 23.6 Å². The summed E-state index contributed by atoms with van der Waals surface area (Å²) in [7, 11) is 0. The molecule has 56 valence electrons. The van der Waals surface area contributed by atoms with Crippen LogP contribution in [-0.2, 0) is 4.74 Å². The highest BCUT2D eigenvalue weighted by Crippen LogP contribution is 2.14. The van der Waals surface area contributed by atoms with Crippen LogP contribution in [0.1, 0.15) is 13.8 Å². The highest BCUT2D eigenvalue weighted by atomic mass is 32.2. The summed E-state index contributed by atoms with van der Waals surface area (Å²) in [5, 5.41) is 0. The van der Waals surface area contributed by atoms with Crippen molar-refractivity contribution in [3.8, 4) is 0 Å². The molecule has 0 aromatic heterocycles. The first-order valence-electron chi connectivity index (χ1n) is 3.17. The van der Waals surface area contributed by atoms with Crippen molar-refractivity contribution >= 4 is 11.9 Å². The zero-order valence-corrected chi connectivity index (χ0v) is 6.99. The summed E-state index contributed by atoms with van der Waals surface area (Å²) in [6.45, 7) is 4.06. The predicted octanol–water partition coefficient (Wildman–Crippen LogP) is 2.02. The Hall–Kier alpha value is -0.570. The largest absolute Gasteiger partial charge is 0.487 e. The Labute approximate surface area is 65.5 Å². The zero-order valence-electron chi connectivity index (χ0n) is 6.18. The average molecular weight is 157 g/mol. The quantitative estimate of drug-likeness (QED) is 0.588. The topological polar surface area (TPSA) is 21.3 Å². The molecule has 2 nitrogen and oxygen atoms in total. The maximum atomic E-state index is 5.10. The van der Waals surface area contributed by atoms with Gasteiger partial charge in [-0.3, -0.25) is 0 Å². The van der Waals surface area contributed by atoms with E-state index in [0.717, 1.165) is 5.70 Å². The summed E-state index contributed by atoms with van der Waals surface area (Å²) in [6, 6.07) is 0. The lowest BCUT2D eigenvalue weighted by Crippen LogP contribution is -2.11. The number of rotatable bonds is 1. The van der Waals surface area contributed by atoms with E-state index in [1.807, 2.05) is 19.9 Å². The van der Waals surface area contributed by atoms with Crippen molar-refractivity contribution in [1.82, 2.24) is 4.72 Å². The van der Waals surface area contributed by atoms with Crippen LogP contribution in [-0.4, -0.2) is 5.94 Å². The molecule has 0 amide bonds. The third-order valence-corrected chi connectivity index (χ3v) is 1.99. The summed E-state index contributed by atoms with van der Waals surface area (Å²) >= 11 is 1.57. The van der Waals surface area contributed by atoms with Gasteiger partial charge in [0.25, 0.3) is 0 Å². The van der Waals surface area contributed by atoms with Crippen molar-refractivity contribution in [3.63, 3.8) is 0 Å². The third kappa shape index (κ3) is 1.70. The molecule has 0 bridgehead atoms. The van der Waals surface area contributed by atoms with E-state index in [9.17, 15) is 0 Å². The van der Waals surface area contributed by atoms with Gasteiger partial charge >= 0.3 is 0 Å². The molecule has 1 aliphatic rings. The second kappa shape index (κ2) is 3.56. The van der Waals surface area contributed by atoms with Gasteiger partial charge in [0, 0.05) is 0 Å². The summed E-state index contributed by atoms with van der Waals surface area (Å²) in [5.74, 6) is 0.695. The van der Waals surface area contributed by atoms with Crippen molar-refractivity contribution in [1.29, 1.82) is 0 Å². The molecular formula is C7H11NOS. The first-order valence-corrected chi connectivity index (χ1v) is 4.16. The number of allylic oxidation sites excluding steroid dienone is 2. The van der Waals surface area contributed by atoms with E-state index < -0.39 is 0 Å². The SMILES string of the molecule is C/C=C(\C)C1=COCSN1. The molecule has 0 spiro atoms. The van der Waals surface area contributed by atoms with Crippen LogP contribution in [0.2, 0.25) is 0 Å². The lowest BCUT2D eigenvalue weighted by Gasteiger charge is -2.14. The number of ether oxygens (including phenoxy) is 1. The van der Waals surface area contributed by atoms with Gasteiger partial charge in [-0.25, -0.2) is 0 Å². The molecule has 1 aliphatic heterocycles. The highest BCUT2D eigenvalue weighted by Gasteiger charge is 2.03. The lowest BCUT2D eigenvalue weighted by molar-refractivity contribution is 0.307. The molecule has 1 N–H and O–H groups in total. The number of nitrogens with one attached hydrogen (secondary N) is 1. The van der Waals surface area contributed by atoms with E-state index in [1.54, 1.807) is 18.2 Å². The monoisotopic (exact) mass is 157 g/mol. The summed E-state index contributed by atoms with van der Waals surface area (Å²) < 4.78 is 8.26. The molecule has 0 radical (unpaired) electrons. The fraction of sp³-hybridized carbons (Fsp3) is 0.429. The van der Waals surface area contributed by atoms with E-state index in [-0.39, 0.29) is 0 Å². The lowest BCUT2D eigenvalue weighted by atomic mass is 10.2. The van der Waals surface area contributed by atoms with Crippen molar-refractivity contribution in [2.24, 2.45) is 0 Å². The minimum absolute atomic E-state index is 0.695. The van der Waals surface area contributed by atoms with Crippen LogP contribution in [0.3, 0.4) is 0 Å². The van der Waals surface area contributed by atoms with Crippen LogP contribution in [0, 0.1) is 0 Å². The van der Waals surface area contributed by atoms with Gasteiger partial charge in [-0.15, -0.1) is 0 Å². The molecule has 0 aromatic rings. The second-order valence-corrected chi connectivity index (χ2v) is 2.76. The van der Waals surface area contributed by atoms with E-state index in [2.05, 4.69) is 4.72 Å². The maximum Gasteiger partial charge on any atom is 0.152 e. The maximum absolute atomic E-state index is 5.10. The Morgan fingerprint density at radius 3 is 3.20 bits per heavy atom. The molecule has 3 heteroatoms. The molecule has 1 heterocycles. The van der Waals surface area contributed by atoms with Crippen molar-refractivity contribution in [2.75, 3.05) is 5.94 Å². The fourth-order valence-corrected chi connectivity index (χ4v) is 1.17. The van der Waals surface area contributed by atoms with E-state index in [1.165, 1.54) is 5.57 Å². The minimum atomic E-state index is 0.695. The summed E-state index contributed by atoms with van der Waals surface area (Å²) in [5.41, 5.74) is 2.28. The first kappa shape index (κ1) is 7.54. The zero-order chi connectivity index (χ0) is 7.40. The molecule has 10 heavy (non-hydrogen) atoms. The number of hydrogen-bond acceptors (Lipinski definition) is 3. The Balaban J connectivity index is 2.62. The molecule has 1 rings (SSSR count). The van der Waals surface area contributed by atoms with Crippen LogP contribution < -0.4 is 4.72 Å². The molecule has 0 saturated heterocycles. The normalized spacial score (nSPS) is 19.0. The van der Waals surface area contributed by atoms with Crippen LogP contribution in [0.4, 0.5) is 0 Å². The second-order valence-electron chi connectivity index (χ2n) is 2.03. The van der Waals surface area contributed by atoms with Crippen LogP contribution in [0.25, 0.3) is 0 Å². The Morgan fingerprint density at radius 2 is 2.70 bits per heavy atom. The van der Waals surface area contributed by atoms with E-state index >= 15 is 0 Å².